The van der Waals surface area contributed by atoms with Crippen molar-refractivity contribution < 1.29 is 9.59 Å². The maximum atomic E-state index is 13.1. The molecule has 0 aromatic carbocycles. The van der Waals surface area contributed by atoms with Crippen LogP contribution in [0.5, 0.6) is 0 Å². The molecular weight excluding hydrogens is 450 g/mol. The average molecular weight is 474 g/mol. The lowest BCUT2D eigenvalue weighted by atomic mass is 10.2. The van der Waals surface area contributed by atoms with Gasteiger partial charge in [-0.2, -0.15) is 20.4 Å². The smallest absolute Gasteiger partial charge is 0.276 e. The zero-order valence-corrected chi connectivity index (χ0v) is 19.8. The summed E-state index contributed by atoms with van der Waals surface area (Å²) in [6.45, 7) is 3.79. The third kappa shape index (κ3) is 3.72. The number of nitrogens with one attached hydrogen (secondary N) is 2. The first kappa shape index (κ1) is 22.0. The molecule has 0 aliphatic rings. The molecular formula is C22H23N11O2. The van der Waals surface area contributed by atoms with Crippen molar-refractivity contribution in [3.05, 3.63) is 59.7 Å². The Balaban J connectivity index is 1.43. The fraction of sp³-hybridized carbons (Fsp3) is 0.227. The maximum Gasteiger partial charge on any atom is 0.276 e. The van der Waals surface area contributed by atoms with Gasteiger partial charge in [0.25, 0.3) is 11.8 Å². The number of rotatable bonds is 5. The van der Waals surface area contributed by atoms with Crippen molar-refractivity contribution in [2.24, 2.45) is 21.1 Å². The Morgan fingerprint density at radius 2 is 1.49 bits per heavy atom. The first-order valence-corrected chi connectivity index (χ1v) is 10.7. The first-order chi connectivity index (χ1) is 16.7. The van der Waals surface area contributed by atoms with E-state index >= 15 is 0 Å². The predicted octanol–water partition coefficient (Wildman–Crippen LogP) is 1.72. The van der Waals surface area contributed by atoms with Crippen LogP contribution in [0.4, 0.5) is 11.4 Å². The molecule has 0 saturated carbocycles. The molecule has 178 valence electrons. The standard InChI is InChI=1S/C22H23N11O2/c1-12-14(9-24-30(12)3)18-6-7-23-19-8-15(29-33(18)19)21(34)28-17-11-26-32(5)20(17)22(35)27-16-10-25-31(4)13(16)2/h6-11H,1-5H3,(H,27,35)(H,28,34). The molecule has 0 bridgehead atoms. The van der Waals surface area contributed by atoms with Crippen molar-refractivity contribution in [2.45, 2.75) is 13.8 Å². The van der Waals surface area contributed by atoms with Gasteiger partial charge in [0.2, 0.25) is 0 Å². The second-order valence-corrected chi connectivity index (χ2v) is 8.10. The van der Waals surface area contributed by atoms with Crippen LogP contribution in [0.3, 0.4) is 0 Å². The van der Waals surface area contributed by atoms with Crippen molar-refractivity contribution in [1.82, 2.24) is 43.9 Å². The Morgan fingerprint density at radius 1 is 0.829 bits per heavy atom. The largest absolute Gasteiger partial charge is 0.318 e. The molecule has 5 aromatic heterocycles. The fourth-order valence-electron chi connectivity index (χ4n) is 3.75. The Bertz CT molecular complexity index is 1600. The summed E-state index contributed by atoms with van der Waals surface area (Å²) in [5, 5.41) is 22.6. The van der Waals surface area contributed by atoms with Gasteiger partial charge in [0.15, 0.2) is 11.3 Å². The summed E-state index contributed by atoms with van der Waals surface area (Å²) in [6.07, 6.45) is 6.38. The molecule has 0 aliphatic carbocycles. The van der Waals surface area contributed by atoms with Crippen molar-refractivity contribution in [2.75, 3.05) is 10.6 Å². The number of carbonyl (C=O) groups is 2. The lowest BCUT2D eigenvalue weighted by molar-refractivity contribution is 0.101. The van der Waals surface area contributed by atoms with E-state index in [2.05, 4.69) is 36.0 Å². The molecule has 0 fully saturated rings. The van der Waals surface area contributed by atoms with Crippen molar-refractivity contribution in [3.8, 4) is 11.3 Å². The van der Waals surface area contributed by atoms with Gasteiger partial charge in [0.1, 0.15) is 5.69 Å². The van der Waals surface area contributed by atoms with E-state index in [9.17, 15) is 9.59 Å². The zero-order chi connectivity index (χ0) is 24.9. The van der Waals surface area contributed by atoms with Gasteiger partial charge in [-0.05, 0) is 19.9 Å². The van der Waals surface area contributed by atoms with Crippen LogP contribution < -0.4 is 10.6 Å². The third-order valence-electron chi connectivity index (χ3n) is 5.99. The van der Waals surface area contributed by atoms with E-state index in [1.807, 2.05) is 27.0 Å². The normalized spacial score (nSPS) is 11.2. The van der Waals surface area contributed by atoms with E-state index in [0.717, 1.165) is 22.6 Å². The summed E-state index contributed by atoms with van der Waals surface area (Å²) < 4.78 is 6.41. The molecule has 35 heavy (non-hydrogen) atoms. The van der Waals surface area contributed by atoms with Gasteiger partial charge in [-0.15, -0.1) is 0 Å². The molecule has 5 aromatic rings. The van der Waals surface area contributed by atoms with E-state index in [1.54, 1.807) is 52.6 Å². The highest BCUT2D eigenvalue weighted by Crippen LogP contribution is 2.24. The summed E-state index contributed by atoms with van der Waals surface area (Å²) in [5.41, 5.74) is 5.05. The second kappa shape index (κ2) is 8.20. The Morgan fingerprint density at radius 3 is 2.17 bits per heavy atom. The molecule has 0 atom stereocenters. The number of anilines is 2. The van der Waals surface area contributed by atoms with Crippen LogP contribution >= 0.6 is 0 Å². The Kier molecular flexibility index (Phi) is 5.16. The quantitative estimate of drug-likeness (QED) is 0.396. The molecule has 2 N–H and O–H groups in total. The number of amides is 2. The van der Waals surface area contributed by atoms with Crippen molar-refractivity contribution in [1.29, 1.82) is 0 Å². The van der Waals surface area contributed by atoms with Gasteiger partial charge in [-0.1, -0.05) is 0 Å². The topological polar surface area (TPSA) is 142 Å². The van der Waals surface area contributed by atoms with E-state index < -0.39 is 11.8 Å². The fourth-order valence-corrected chi connectivity index (χ4v) is 3.75. The maximum absolute atomic E-state index is 13.1. The minimum atomic E-state index is -0.496. The Labute approximate surface area is 199 Å². The molecule has 0 unspecified atom stereocenters. The summed E-state index contributed by atoms with van der Waals surface area (Å²) in [4.78, 5) is 30.4. The van der Waals surface area contributed by atoms with Crippen LogP contribution in [-0.2, 0) is 21.1 Å². The monoisotopic (exact) mass is 473 g/mol. The molecule has 0 radical (unpaired) electrons. The van der Waals surface area contributed by atoms with Gasteiger partial charge in [0.05, 0.1) is 41.4 Å². The molecule has 5 rings (SSSR count). The summed E-state index contributed by atoms with van der Waals surface area (Å²) in [6, 6.07) is 3.40. The molecule has 0 spiro atoms. The molecule has 13 heteroatoms. The van der Waals surface area contributed by atoms with E-state index in [4.69, 9.17) is 0 Å². The molecule has 0 saturated heterocycles. The third-order valence-corrected chi connectivity index (χ3v) is 5.99. The number of carbonyl (C=O) groups excluding carboxylic acids is 2. The second-order valence-electron chi connectivity index (χ2n) is 8.10. The zero-order valence-electron chi connectivity index (χ0n) is 19.8. The molecule has 5 heterocycles. The average Bonchev–Trinajstić information content (AvgIpc) is 3.58. The van der Waals surface area contributed by atoms with Gasteiger partial charge in [-0.25, -0.2) is 9.50 Å². The SMILES string of the molecule is Cc1c(NC(=O)c2c(NC(=O)c3cc4nccc(-c5cnn(C)c5C)n4n3)cnn2C)cnn1C. The molecule has 13 nitrogen and oxygen atoms in total. The summed E-state index contributed by atoms with van der Waals surface area (Å²) in [7, 11) is 5.26. The van der Waals surface area contributed by atoms with Crippen LogP contribution in [0.2, 0.25) is 0 Å². The van der Waals surface area contributed by atoms with Crippen molar-refractivity contribution >= 4 is 28.8 Å². The van der Waals surface area contributed by atoms with Crippen LogP contribution in [0.1, 0.15) is 32.4 Å². The van der Waals surface area contributed by atoms with E-state index in [0.29, 0.717) is 11.3 Å². The van der Waals surface area contributed by atoms with E-state index in [-0.39, 0.29) is 17.1 Å². The number of hydrogen-bond donors (Lipinski definition) is 2. The number of nitrogens with zero attached hydrogens (tertiary/aromatic N) is 9. The van der Waals surface area contributed by atoms with Crippen LogP contribution in [-0.4, -0.2) is 55.8 Å². The number of aromatic nitrogens is 9. The number of aryl methyl sites for hydroxylation is 3. The van der Waals surface area contributed by atoms with Crippen LogP contribution in [0.15, 0.2) is 36.9 Å². The molecule has 2 amide bonds. The minimum absolute atomic E-state index is 0.143. The van der Waals surface area contributed by atoms with Gasteiger partial charge < -0.3 is 10.6 Å². The number of hydrogen-bond acceptors (Lipinski definition) is 7. The highest BCUT2D eigenvalue weighted by Gasteiger charge is 2.22. The predicted molar refractivity (Wildman–Crippen MR) is 127 cm³/mol. The van der Waals surface area contributed by atoms with Gasteiger partial charge >= 0.3 is 0 Å². The highest BCUT2D eigenvalue weighted by atomic mass is 16.2. The Hall–Kier alpha value is -4.81. The van der Waals surface area contributed by atoms with Crippen molar-refractivity contribution in [3.63, 3.8) is 0 Å². The first-order valence-electron chi connectivity index (χ1n) is 10.7. The lowest BCUT2D eigenvalue weighted by Gasteiger charge is -2.08. The number of fused-ring (bicyclic) bond motifs is 1. The summed E-state index contributed by atoms with van der Waals surface area (Å²) in [5.74, 6) is -0.925. The minimum Gasteiger partial charge on any atom is -0.318 e. The van der Waals surface area contributed by atoms with E-state index in [1.165, 1.54) is 10.9 Å². The van der Waals surface area contributed by atoms with Gasteiger partial charge in [-0.3, -0.25) is 23.6 Å². The molecule has 0 aliphatic heterocycles. The lowest BCUT2D eigenvalue weighted by Crippen LogP contribution is -2.20. The van der Waals surface area contributed by atoms with Crippen LogP contribution in [0.25, 0.3) is 16.9 Å². The highest BCUT2D eigenvalue weighted by molar-refractivity contribution is 6.11. The summed E-state index contributed by atoms with van der Waals surface area (Å²) >= 11 is 0. The van der Waals surface area contributed by atoms with Crippen LogP contribution in [0, 0.1) is 13.8 Å². The van der Waals surface area contributed by atoms with Gasteiger partial charge in [0, 0.05) is 44.7 Å².